The monoisotopic (exact) mass is 277 g/mol. The van der Waals surface area contributed by atoms with Crippen molar-refractivity contribution in [3.63, 3.8) is 0 Å². The highest BCUT2D eigenvalue weighted by Gasteiger charge is 2.34. The molecular weight excluding hydrogens is 254 g/mol. The van der Waals surface area contributed by atoms with Crippen molar-refractivity contribution in [2.45, 2.75) is 25.7 Å². The second-order valence-electron chi connectivity index (χ2n) is 5.86. The topological polar surface area (TPSA) is 70.2 Å². The molecular formula is C14H23N5O. The lowest BCUT2D eigenvalue weighted by Crippen LogP contribution is -2.43. The fourth-order valence-electron chi connectivity index (χ4n) is 2.98. The highest BCUT2D eigenvalue weighted by molar-refractivity contribution is 5.88. The first-order valence-electron chi connectivity index (χ1n) is 7.07. The van der Waals surface area contributed by atoms with Gasteiger partial charge in [-0.2, -0.15) is 5.10 Å². The molecule has 6 nitrogen and oxygen atoms in total. The Morgan fingerprint density at radius 3 is 2.75 bits per heavy atom. The predicted molar refractivity (Wildman–Crippen MR) is 78.5 cm³/mol. The van der Waals surface area contributed by atoms with Gasteiger partial charge in [-0.05, 0) is 39.1 Å². The van der Waals surface area contributed by atoms with E-state index >= 15 is 0 Å². The zero-order chi connectivity index (χ0) is 14.4. The van der Waals surface area contributed by atoms with Crippen LogP contribution in [0.25, 0.3) is 0 Å². The van der Waals surface area contributed by atoms with Crippen LogP contribution in [-0.2, 0) is 0 Å². The number of amides is 2. The third-order valence-electron chi connectivity index (χ3n) is 3.75. The minimum atomic E-state index is -0.212. The summed E-state index contributed by atoms with van der Waals surface area (Å²) in [5.74, 6) is 0.470. The molecule has 2 N–H and O–H groups in total. The average Bonchev–Trinajstić information content (AvgIpc) is 2.86. The van der Waals surface area contributed by atoms with Crippen LogP contribution in [0, 0.1) is 5.41 Å². The van der Waals surface area contributed by atoms with Crippen LogP contribution in [-0.4, -0.2) is 48.3 Å². The summed E-state index contributed by atoms with van der Waals surface area (Å²) >= 11 is 0. The Balaban J connectivity index is 1.85. The molecule has 20 heavy (non-hydrogen) atoms. The molecule has 0 aliphatic heterocycles. The summed E-state index contributed by atoms with van der Waals surface area (Å²) < 4.78 is 0. The van der Waals surface area contributed by atoms with Gasteiger partial charge in [0.1, 0.15) is 0 Å². The highest BCUT2D eigenvalue weighted by Crippen LogP contribution is 2.37. The number of anilines is 1. The summed E-state index contributed by atoms with van der Waals surface area (Å²) in [4.78, 5) is 14.1. The Labute approximate surface area is 120 Å². The van der Waals surface area contributed by atoms with Gasteiger partial charge in [0.2, 0.25) is 0 Å². The van der Waals surface area contributed by atoms with E-state index in [0.717, 1.165) is 6.54 Å². The Morgan fingerprint density at radius 1 is 1.40 bits per heavy atom. The SMILES string of the molecule is CN(C)CC1(CNC(=O)Nc2cccnn2)CCCC1. The van der Waals surface area contributed by atoms with E-state index in [4.69, 9.17) is 0 Å². The molecule has 1 saturated carbocycles. The number of aromatic nitrogens is 2. The van der Waals surface area contributed by atoms with Crippen LogP contribution < -0.4 is 10.6 Å². The number of urea groups is 1. The molecule has 1 aliphatic rings. The average molecular weight is 277 g/mol. The van der Waals surface area contributed by atoms with E-state index in [1.165, 1.54) is 25.7 Å². The Hall–Kier alpha value is -1.69. The minimum absolute atomic E-state index is 0.212. The second kappa shape index (κ2) is 6.65. The highest BCUT2D eigenvalue weighted by atomic mass is 16.2. The first-order valence-corrected chi connectivity index (χ1v) is 7.07. The molecule has 0 bridgehead atoms. The Bertz CT molecular complexity index is 428. The van der Waals surface area contributed by atoms with Crippen molar-refractivity contribution >= 4 is 11.8 Å². The number of carbonyl (C=O) groups excluding carboxylic acids is 1. The van der Waals surface area contributed by atoms with Crippen LogP contribution in [0.1, 0.15) is 25.7 Å². The first kappa shape index (κ1) is 14.7. The molecule has 1 aromatic heterocycles. The van der Waals surface area contributed by atoms with Gasteiger partial charge in [0.15, 0.2) is 5.82 Å². The van der Waals surface area contributed by atoms with Crippen molar-refractivity contribution in [3.05, 3.63) is 18.3 Å². The van der Waals surface area contributed by atoms with Gasteiger partial charge in [0, 0.05) is 24.7 Å². The van der Waals surface area contributed by atoms with E-state index in [-0.39, 0.29) is 11.4 Å². The summed E-state index contributed by atoms with van der Waals surface area (Å²) in [5.41, 5.74) is 0.212. The van der Waals surface area contributed by atoms with Gasteiger partial charge in [-0.1, -0.05) is 12.8 Å². The smallest absolute Gasteiger partial charge is 0.320 e. The number of nitrogens with one attached hydrogen (secondary N) is 2. The molecule has 1 aliphatic carbocycles. The molecule has 1 aromatic rings. The summed E-state index contributed by atoms with van der Waals surface area (Å²) in [5, 5.41) is 13.2. The van der Waals surface area contributed by atoms with Gasteiger partial charge in [0.05, 0.1) is 0 Å². The van der Waals surface area contributed by atoms with Crippen LogP contribution in [0.4, 0.5) is 10.6 Å². The number of nitrogens with zero attached hydrogens (tertiary/aromatic N) is 3. The third-order valence-corrected chi connectivity index (χ3v) is 3.75. The fraction of sp³-hybridized carbons (Fsp3) is 0.643. The molecule has 0 radical (unpaired) electrons. The van der Waals surface area contributed by atoms with Crippen molar-refractivity contribution in [3.8, 4) is 0 Å². The largest absolute Gasteiger partial charge is 0.337 e. The Morgan fingerprint density at radius 2 is 2.15 bits per heavy atom. The van der Waals surface area contributed by atoms with Crippen molar-refractivity contribution < 1.29 is 4.79 Å². The number of rotatable bonds is 5. The molecule has 0 unspecified atom stereocenters. The molecule has 110 valence electrons. The molecule has 1 fully saturated rings. The minimum Gasteiger partial charge on any atom is -0.337 e. The summed E-state index contributed by atoms with van der Waals surface area (Å²) in [6, 6.07) is 3.25. The predicted octanol–water partition coefficient (Wildman–Crippen LogP) is 1.72. The van der Waals surface area contributed by atoms with E-state index in [9.17, 15) is 4.79 Å². The normalized spacial score (nSPS) is 17.1. The van der Waals surface area contributed by atoms with Crippen LogP contribution in [0.2, 0.25) is 0 Å². The molecule has 0 aromatic carbocycles. The molecule has 0 spiro atoms. The zero-order valence-corrected chi connectivity index (χ0v) is 12.2. The lowest BCUT2D eigenvalue weighted by molar-refractivity contribution is 0.193. The van der Waals surface area contributed by atoms with E-state index in [1.54, 1.807) is 18.3 Å². The second-order valence-corrected chi connectivity index (χ2v) is 5.86. The van der Waals surface area contributed by atoms with Gasteiger partial charge in [-0.15, -0.1) is 5.10 Å². The summed E-state index contributed by atoms with van der Waals surface area (Å²) in [6.45, 7) is 1.72. The van der Waals surface area contributed by atoms with Crippen LogP contribution >= 0.6 is 0 Å². The van der Waals surface area contributed by atoms with Crippen LogP contribution in [0.15, 0.2) is 18.3 Å². The molecule has 2 amide bonds. The van der Waals surface area contributed by atoms with Crippen molar-refractivity contribution in [1.82, 2.24) is 20.4 Å². The first-order chi connectivity index (χ1) is 9.60. The molecule has 0 saturated heterocycles. The quantitative estimate of drug-likeness (QED) is 0.859. The van der Waals surface area contributed by atoms with E-state index in [0.29, 0.717) is 12.4 Å². The maximum Gasteiger partial charge on any atom is 0.320 e. The molecule has 6 heteroatoms. The van der Waals surface area contributed by atoms with E-state index in [2.05, 4.69) is 39.8 Å². The van der Waals surface area contributed by atoms with Crippen LogP contribution in [0.5, 0.6) is 0 Å². The number of hydrogen-bond donors (Lipinski definition) is 2. The van der Waals surface area contributed by atoms with E-state index < -0.39 is 0 Å². The van der Waals surface area contributed by atoms with Gasteiger partial charge >= 0.3 is 6.03 Å². The number of hydrogen-bond acceptors (Lipinski definition) is 4. The van der Waals surface area contributed by atoms with Crippen molar-refractivity contribution in [1.29, 1.82) is 0 Å². The van der Waals surface area contributed by atoms with Gasteiger partial charge < -0.3 is 10.2 Å². The lowest BCUT2D eigenvalue weighted by Gasteiger charge is -2.32. The van der Waals surface area contributed by atoms with E-state index in [1.807, 2.05) is 0 Å². The van der Waals surface area contributed by atoms with Gasteiger partial charge in [0.25, 0.3) is 0 Å². The summed E-state index contributed by atoms with van der Waals surface area (Å²) in [7, 11) is 4.17. The van der Waals surface area contributed by atoms with Crippen LogP contribution in [0.3, 0.4) is 0 Å². The standard InChI is InChI=1S/C14H23N5O/c1-19(2)11-14(7-3-4-8-14)10-15-13(20)17-12-6-5-9-16-18-12/h5-6,9H,3-4,7-8,10-11H2,1-2H3,(H2,15,17,18,20). The Kier molecular flexibility index (Phi) is 4.89. The number of carbonyl (C=O) groups is 1. The maximum atomic E-state index is 11.9. The maximum absolute atomic E-state index is 11.9. The fourth-order valence-corrected chi connectivity index (χ4v) is 2.98. The molecule has 0 atom stereocenters. The third kappa shape index (κ3) is 4.16. The molecule has 1 heterocycles. The van der Waals surface area contributed by atoms with Gasteiger partial charge in [-0.25, -0.2) is 4.79 Å². The van der Waals surface area contributed by atoms with Crippen molar-refractivity contribution in [2.24, 2.45) is 5.41 Å². The lowest BCUT2D eigenvalue weighted by atomic mass is 9.85. The summed E-state index contributed by atoms with van der Waals surface area (Å²) in [6.07, 6.45) is 6.43. The molecule has 2 rings (SSSR count). The zero-order valence-electron chi connectivity index (χ0n) is 12.2. The van der Waals surface area contributed by atoms with Gasteiger partial charge in [-0.3, -0.25) is 5.32 Å². The van der Waals surface area contributed by atoms with Crippen molar-refractivity contribution in [2.75, 3.05) is 32.5 Å².